The van der Waals surface area contributed by atoms with E-state index >= 15 is 0 Å². The maximum atomic E-state index is 11.9. The zero-order valence-corrected chi connectivity index (χ0v) is 48.3. The minimum atomic E-state index is -2.20. The van der Waals surface area contributed by atoms with Gasteiger partial charge in [-0.1, -0.05) is 0 Å². The van der Waals surface area contributed by atoms with Crippen LogP contribution in [0.25, 0.3) is 0 Å². The third-order valence-corrected chi connectivity index (χ3v) is 19.5. The molecule has 86 heavy (non-hydrogen) atoms. The van der Waals surface area contributed by atoms with Crippen molar-refractivity contribution < 1.29 is 168 Å². The maximum absolute atomic E-state index is 11.9. The molecule has 0 aromatic heterocycles. The quantitative estimate of drug-likeness (QED) is 0.0967. The SMILES string of the molecule is CN(C)c1ccc([Te]CC2O[C@@H]3O[C@@H]4C(CO)O[C@H](O[C@@H]5C(CO)O[C@H](O[C@@H]6C(CO)O[C@@H](O[C@@H]7C(CO)O[C@H](O[C@@H]8C(CO)O[C@H](O[C@@H]9C(CO)O[C@H](O[C@H]2C(O)C3O)C(O)C9O)C(O)C8O)C(O)C7O)C(O)C6O)C(O)C5O)C(O)C4O)cc1. The Morgan fingerprint density at radius 2 is 0.465 bits per heavy atom. The molecule has 21 heterocycles. The number of hydrogen-bond donors (Lipinski definition) is 20. The predicted octanol–water partition coefficient (Wildman–Crippen LogP) is -13.7. The average molecular weight is 1370 g/mol. The Kier molecular flexibility index (Phi) is 23.7. The first kappa shape index (κ1) is 68.8. The Bertz CT molecular complexity index is 2240. The van der Waals surface area contributed by atoms with Gasteiger partial charge in [-0.15, -0.1) is 0 Å². The molecule has 0 amide bonds. The zero-order chi connectivity index (χ0) is 62.3. The van der Waals surface area contributed by atoms with E-state index in [2.05, 4.69) is 0 Å². The fraction of sp³-hybridized carbons (Fsp3) is 0.880. The Labute approximate surface area is 499 Å². The summed E-state index contributed by atoms with van der Waals surface area (Å²) in [6.45, 7) is -6.17. The molecule has 0 radical (unpaired) electrons. The van der Waals surface area contributed by atoms with Crippen LogP contribution in [0.15, 0.2) is 24.3 Å². The zero-order valence-electron chi connectivity index (χ0n) is 46.0. The van der Waals surface area contributed by atoms with E-state index in [1.807, 2.05) is 43.3 Å². The second-order valence-electron chi connectivity index (χ2n) is 22.2. The molecule has 0 aliphatic carbocycles. The van der Waals surface area contributed by atoms with E-state index in [4.69, 9.17) is 66.3 Å². The van der Waals surface area contributed by atoms with Crippen LogP contribution in [0.3, 0.4) is 0 Å². The van der Waals surface area contributed by atoms with E-state index in [0.717, 1.165) is 9.30 Å². The summed E-state index contributed by atoms with van der Waals surface area (Å²) in [6.07, 6.45) is -68.8. The van der Waals surface area contributed by atoms with Crippen LogP contribution >= 0.6 is 0 Å². The van der Waals surface area contributed by atoms with Crippen molar-refractivity contribution >= 4 is 30.2 Å². The molecule has 1 aromatic carbocycles. The van der Waals surface area contributed by atoms with Gasteiger partial charge in [-0.05, 0) is 0 Å². The number of aliphatic hydroxyl groups excluding tert-OH is 20. The number of anilines is 1. The van der Waals surface area contributed by atoms with Crippen molar-refractivity contribution in [1.82, 2.24) is 0 Å². The van der Waals surface area contributed by atoms with E-state index < -0.39 is 276 Å². The van der Waals surface area contributed by atoms with Crippen molar-refractivity contribution in [3.05, 3.63) is 24.3 Å². The van der Waals surface area contributed by atoms with Crippen molar-refractivity contribution in [2.24, 2.45) is 0 Å². The van der Waals surface area contributed by atoms with Gasteiger partial charge in [0.25, 0.3) is 0 Å². The summed E-state index contributed by atoms with van der Waals surface area (Å²) in [6, 6.07) is 7.41. The third-order valence-electron chi connectivity index (χ3n) is 16.4. The summed E-state index contributed by atoms with van der Waals surface area (Å²) >= 11 is -1.34. The summed E-state index contributed by atoms with van der Waals surface area (Å²) in [4.78, 5) is 1.87. The second kappa shape index (κ2) is 29.6. The molecule has 20 N–H and O–H groups in total. The van der Waals surface area contributed by atoms with Gasteiger partial charge in [0, 0.05) is 0 Å². The molecule has 21 aliphatic heterocycles. The second-order valence-corrected chi connectivity index (χ2v) is 25.3. The molecule has 1 aromatic rings. The first-order chi connectivity index (χ1) is 41.0. The normalized spacial score (nSPS) is 50.7. The number of ether oxygens (including phenoxy) is 14. The molecule has 494 valence electrons. The Morgan fingerprint density at radius 1 is 0.279 bits per heavy atom. The van der Waals surface area contributed by atoms with Gasteiger partial charge >= 0.3 is 310 Å². The van der Waals surface area contributed by atoms with Crippen molar-refractivity contribution in [3.63, 3.8) is 0 Å². The van der Waals surface area contributed by atoms with E-state index in [1.54, 1.807) is 0 Å². The molecule has 21 aliphatic rings. The number of rotatable bonds is 10. The molecule has 36 heteroatoms. The molecular weight excluding hydrogens is 1290 g/mol. The van der Waals surface area contributed by atoms with Gasteiger partial charge in [0.1, 0.15) is 61.0 Å². The molecule has 21 saturated heterocycles. The van der Waals surface area contributed by atoms with Crippen molar-refractivity contribution in [1.29, 1.82) is 0 Å². The van der Waals surface area contributed by atoms with Gasteiger partial charge in [0.2, 0.25) is 0 Å². The van der Waals surface area contributed by atoms with Gasteiger partial charge in [0.15, 0.2) is 18.9 Å². The van der Waals surface area contributed by atoms with Crippen molar-refractivity contribution in [3.8, 4) is 0 Å². The Hall–Kier alpha value is -1.55. The van der Waals surface area contributed by atoms with E-state index in [-0.39, 0.29) is 4.47 Å². The predicted molar refractivity (Wildman–Crippen MR) is 272 cm³/mol. The molecule has 21 unspecified atom stereocenters. The summed E-state index contributed by atoms with van der Waals surface area (Å²) in [5.41, 5.74) is 0.871. The van der Waals surface area contributed by atoms with Crippen LogP contribution in [0.2, 0.25) is 4.47 Å². The van der Waals surface area contributed by atoms with Gasteiger partial charge in [-0.25, -0.2) is 0 Å². The van der Waals surface area contributed by atoms with Crippen LogP contribution in [-0.2, 0) is 66.3 Å². The molecule has 35 nitrogen and oxygen atoms in total. The molecule has 21 fully saturated rings. The molecule has 35 atom stereocenters. The molecule has 22 rings (SSSR count). The third kappa shape index (κ3) is 14.0. The summed E-state index contributed by atoms with van der Waals surface area (Å²) in [5, 5.41) is 224. The van der Waals surface area contributed by atoms with Gasteiger partial charge < -0.3 is 84.6 Å². The van der Waals surface area contributed by atoms with Crippen LogP contribution in [-0.4, -0.2) is 392 Å². The van der Waals surface area contributed by atoms with E-state index in [9.17, 15) is 102 Å². The van der Waals surface area contributed by atoms with Crippen LogP contribution in [0, 0.1) is 0 Å². The minimum absolute atomic E-state index is 0.0568. The topological polar surface area (TPSA) is 537 Å². The molecule has 0 spiro atoms. The standard InChI is InChI=1S/C50H79NO34Te/c1-51(2)14-3-5-15(6-4-14)86-13-22-43-29(64)36(71)50(78-22)84-42-21(12-57)76-48(34(69)27(42)62)82-40-19(10-55)74-46(32(67)25(40)60)80-38-17(8-53)72-44(30(65)23(38)58)79-37-16(7-52)73-45(31(66)24(37)59)81-39-18(9-54)75-47(33(68)26(39)61)83-41-20(11-56)77-49(85-43)35(70)28(41)63/h3-6,16-50,52-71H,7-13H2,1-2H3/t16?,17?,18?,19?,20?,21?,22?,23?,24?,25?,26?,27?,28?,29?,30?,31?,32?,33?,34?,35?,36?,37-,38-,39-,40-,41-,42-,43-,44+,45-,46-,47-,48-,49-,50-/m1/s1. The summed E-state index contributed by atoms with van der Waals surface area (Å²) in [7, 11) is 3.68. The Morgan fingerprint density at radius 3 is 0.651 bits per heavy atom. The van der Waals surface area contributed by atoms with Crippen LogP contribution < -0.4 is 8.51 Å². The molecule has 14 bridgehead atoms. The van der Waals surface area contributed by atoms with Crippen molar-refractivity contribution in [2.45, 2.75) is 219 Å². The average Bonchev–Trinajstić information content (AvgIpc) is 2.39. The molecular formula is C50H79NO34Te. The number of aliphatic hydroxyl groups is 20. The monoisotopic (exact) mass is 1370 g/mol. The van der Waals surface area contributed by atoms with Crippen molar-refractivity contribution in [2.75, 3.05) is 58.6 Å². The number of hydrogen-bond acceptors (Lipinski definition) is 35. The van der Waals surface area contributed by atoms with Crippen LogP contribution in [0.4, 0.5) is 5.69 Å². The van der Waals surface area contributed by atoms with E-state index in [0.29, 0.717) is 0 Å². The summed E-state index contributed by atoms with van der Waals surface area (Å²) < 4.78 is 82.8. The molecule has 0 saturated carbocycles. The Balaban J connectivity index is 1.02. The first-order valence-electron chi connectivity index (χ1n) is 27.7. The van der Waals surface area contributed by atoms with Crippen LogP contribution in [0.1, 0.15) is 0 Å². The van der Waals surface area contributed by atoms with E-state index in [1.165, 1.54) is 0 Å². The number of nitrogens with zero attached hydrogens (tertiary/aromatic N) is 1. The first-order valence-corrected chi connectivity index (χ1v) is 30.5. The fourth-order valence-corrected chi connectivity index (χ4v) is 14.1. The number of benzene rings is 1. The van der Waals surface area contributed by atoms with Crippen LogP contribution in [0.5, 0.6) is 0 Å². The summed E-state index contributed by atoms with van der Waals surface area (Å²) in [5.74, 6) is 0. The van der Waals surface area contributed by atoms with Gasteiger partial charge in [-0.3, -0.25) is 0 Å². The fourth-order valence-electron chi connectivity index (χ4n) is 11.4. The van der Waals surface area contributed by atoms with Gasteiger partial charge in [0.05, 0.1) is 26.4 Å². The van der Waals surface area contributed by atoms with Gasteiger partial charge in [-0.2, -0.15) is 0 Å².